The van der Waals surface area contributed by atoms with Crippen molar-refractivity contribution in [1.29, 1.82) is 0 Å². The highest BCUT2D eigenvalue weighted by atomic mass is 16.2. The molecule has 4 aliphatic carbocycles. The van der Waals surface area contributed by atoms with Gasteiger partial charge in [-0.1, -0.05) is 30.3 Å². The van der Waals surface area contributed by atoms with Crippen LogP contribution in [-0.4, -0.2) is 33.2 Å². The fourth-order valence-electron chi connectivity index (χ4n) is 7.58. The monoisotopic (exact) mass is 444 g/mol. The molecule has 6 heteroatoms. The van der Waals surface area contributed by atoms with Crippen molar-refractivity contribution in [2.24, 2.45) is 23.2 Å². The Balaban J connectivity index is 1.11. The third-order valence-electron chi connectivity index (χ3n) is 8.52. The Bertz CT molecular complexity index is 1030. The van der Waals surface area contributed by atoms with E-state index in [9.17, 15) is 9.59 Å². The molecule has 0 spiro atoms. The van der Waals surface area contributed by atoms with E-state index in [2.05, 4.69) is 15.3 Å². The van der Waals surface area contributed by atoms with Crippen LogP contribution in [0.4, 0.5) is 5.82 Å². The third kappa shape index (κ3) is 4.16. The van der Waals surface area contributed by atoms with E-state index in [1.807, 2.05) is 35.2 Å². The first-order valence-electron chi connectivity index (χ1n) is 12.5. The molecular formula is C27H32N4O2. The predicted octanol–water partition coefficient (Wildman–Crippen LogP) is 4.15. The number of amides is 2. The quantitative estimate of drug-likeness (QED) is 0.752. The molecule has 172 valence electrons. The second-order valence-electron chi connectivity index (χ2n) is 11.0. The van der Waals surface area contributed by atoms with Crippen LogP contribution < -0.4 is 5.32 Å². The predicted molar refractivity (Wildman–Crippen MR) is 125 cm³/mol. The van der Waals surface area contributed by atoms with Gasteiger partial charge in [0.2, 0.25) is 11.8 Å². The number of aromatic nitrogens is 2. The molecule has 2 heterocycles. The van der Waals surface area contributed by atoms with E-state index in [-0.39, 0.29) is 17.2 Å². The minimum absolute atomic E-state index is 0.0976. The third-order valence-corrected chi connectivity index (χ3v) is 8.52. The van der Waals surface area contributed by atoms with Crippen molar-refractivity contribution in [3.05, 3.63) is 53.5 Å². The second-order valence-corrected chi connectivity index (χ2v) is 11.0. The van der Waals surface area contributed by atoms with Crippen LogP contribution in [0.5, 0.6) is 0 Å². The van der Waals surface area contributed by atoms with Gasteiger partial charge in [-0.25, -0.2) is 9.97 Å². The number of benzene rings is 1. The number of hydrogen-bond donors (Lipinski definition) is 1. The van der Waals surface area contributed by atoms with E-state index in [4.69, 9.17) is 0 Å². The van der Waals surface area contributed by atoms with Crippen LogP contribution in [0.25, 0.3) is 0 Å². The number of rotatable bonds is 5. The average Bonchev–Trinajstić information content (AvgIpc) is 2.78. The lowest BCUT2D eigenvalue weighted by Gasteiger charge is -2.56. The molecule has 1 aromatic carbocycles. The Labute approximate surface area is 195 Å². The highest BCUT2D eigenvalue weighted by molar-refractivity contribution is 5.91. The van der Waals surface area contributed by atoms with Crippen LogP contribution in [0.2, 0.25) is 0 Å². The smallest absolute Gasteiger partial charge is 0.227 e. The average molecular weight is 445 g/mol. The van der Waals surface area contributed by atoms with Crippen LogP contribution in [-0.2, 0) is 29.0 Å². The van der Waals surface area contributed by atoms with E-state index in [0.717, 1.165) is 34.6 Å². The molecule has 0 unspecified atom stereocenters. The molecule has 4 fully saturated rings. The van der Waals surface area contributed by atoms with Gasteiger partial charge in [0.25, 0.3) is 0 Å². The molecule has 0 atom stereocenters. The van der Waals surface area contributed by atoms with Crippen LogP contribution in [0.15, 0.2) is 36.7 Å². The number of fused-ring (bicyclic) bond motifs is 1. The second kappa shape index (κ2) is 8.23. The molecule has 1 aromatic heterocycles. The van der Waals surface area contributed by atoms with E-state index in [1.165, 1.54) is 44.9 Å². The zero-order valence-corrected chi connectivity index (χ0v) is 19.1. The molecule has 33 heavy (non-hydrogen) atoms. The Morgan fingerprint density at radius 1 is 1.00 bits per heavy atom. The molecule has 7 rings (SSSR count). The molecule has 1 N–H and O–H groups in total. The van der Waals surface area contributed by atoms with E-state index in [1.54, 1.807) is 0 Å². The van der Waals surface area contributed by atoms with Gasteiger partial charge in [0.05, 0.1) is 18.7 Å². The number of anilines is 1. The van der Waals surface area contributed by atoms with Crippen molar-refractivity contribution in [1.82, 2.24) is 14.9 Å². The summed E-state index contributed by atoms with van der Waals surface area (Å²) in [6.07, 6.45) is 11.1. The zero-order valence-electron chi connectivity index (χ0n) is 19.1. The maximum Gasteiger partial charge on any atom is 0.227 e. The molecule has 2 amide bonds. The largest absolute Gasteiger partial charge is 0.336 e. The fourth-order valence-corrected chi connectivity index (χ4v) is 7.58. The topological polar surface area (TPSA) is 75.2 Å². The van der Waals surface area contributed by atoms with Gasteiger partial charge in [0.1, 0.15) is 12.1 Å². The highest BCUT2D eigenvalue weighted by Gasteiger charge is 2.51. The summed E-state index contributed by atoms with van der Waals surface area (Å²) < 4.78 is 0. The van der Waals surface area contributed by atoms with Crippen LogP contribution >= 0.6 is 0 Å². The lowest BCUT2D eigenvalue weighted by atomic mass is 9.49. The molecule has 4 saturated carbocycles. The van der Waals surface area contributed by atoms with E-state index in [0.29, 0.717) is 38.2 Å². The Morgan fingerprint density at radius 2 is 1.70 bits per heavy atom. The van der Waals surface area contributed by atoms with Crippen molar-refractivity contribution in [2.75, 3.05) is 11.9 Å². The van der Waals surface area contributed by atoms with Crippen molar-refractivity contribution < 1.29 is 9.59 Å². The first kappa shape index (κ1) is 20.8. The Morgan fingerprint density at radius 3 is 2.39 bits per heavy atom. The minimum Gasteiger partial charge on any atom is -0.336 e. The van der Waals surface area contributed by atoms with Crippen LogP contribution in [0.3, 0.4) is 0 Å². The SMILES string of the molecule is O=C(CC12CC3CC(CC(C3)C1)C2)Nc1ncnc2c1CCN(C(=O)Cc1ccccc1)C2. The van der Waals surface area contributed by atoms with Gasteiger partial charge in [0.15, 0.2) is 0 Å². The summed E-state index contributed by atoms with van der Waals surface area (Å²) in [5.74, 6) is 3.38. The van der Waals surface area contributed by atoms with E-state index >= 15 is 0 Å². The van der Waals surface area contributed by atoms with Gasteiger partial charge < -0.3 is 10.2 Å². The summed E-state index contributed by atoms with van der Waals surface area (Å²) in [6, 6.07) is 9.84. The van der Waals surface area contributed by atoms with Gasteiger partial charge in [-0.3, -0.25) is 9.59 Å². The lowest BCUT2D eigenvalue weighted by Crippen LogP contribution is -2.47. The minimum atomic E-state index is 0.0976. The molecule has 2 aromatic rings. The number of hydrogen-bond acceptors (Lipinski definition) is 4. The maximum absolute atomic E-state index is 13.1. The number of nitrogens with zero attached hydrogens (tertiary/aromatic N) is 3. The van der Waals surface area contributed by atoms with Crippen molar-refractivity contribution in [3.63, 3.8) is 0 Å². The van der Waals surface area contributed by atoms with Gasteiger partial charge in [0, 0.05) is 18.5 Å². The first-order chi connectivity index (χ1) is 16.1. The first-order valence-corrected chi connectivity index (χ1v) is 12.5. The number of nitrogens with one attached hydrogen (secondary N) is 1. The summed E-state index contributed by atoms with van der Waals surface area (Å²) in [4.78, 5) is 36.7. The molecule has 0 saturated heterocycles. The van der Waals surface area contributed by atoms with Crippen molar-refractivity contribution >= 4 is 17.6 Å². The van der Waals surface area contributed by atoms with Gasteiger partial charge in [-0.2, -0.15) is 0 Å². The Hall–Kier alpha value is -2.76. The van der Waals surface area contributed by atoms with Crippen molar-refractivity contribution in [2.45, 2.75) is 64.3 Å². The zero-order chi connectivity index (χ0) is 22.4. The van der Waals surface area contributed by atoms with Crippen LogP contribution in [0.1, 0.15) is 61.8 Å². The Kier molecular flexibility index (Phi) is 5.19. The molecule has 0 radical (unpaired) electrons. The maximum atomic E-state index is 13.1. The molecule has 5 aliphatic rings. The fraction of sp³-hybridized carbons (Fsp3) is 0.556. The molecule has 1 aliphatic heterocycles. The van der Waals surface area contributed by atoms with Gasteiger partial charge in [-0.05, 0) is 73.7 Å². The molecule has 4 bridgehead atoms. The van der Waals surface area contributed by atoms with Gasteiger partial charge in [-0.15, -0.1) is 0 Å². The normalized spacial score (nSPS) is 29.6. The van der Waals surface area contributed by atoms with Crippen LogP contribution in [0, 0.1) is 23.2 Å². The summed E-state index contributed by atoms with van der Waals surface area (Å²) in [5.41, 5.74) is 3.07. The summed E-state index contributed by atoms with van der Waals surface area (Å²) >= 11 is 0. The summed E-state index contributed by atoms with van der Waals surface area (Å²) in [6.45, 7) is 1.10. The highest BCUT2D eigenvalue weighted by Crippen LogP contribution is 2.61. The standard InChI is InChI=1S/C27H32N4O2/c32-24(15-27-12-19-8-20(13-27)10-21(9-19)14-27)30-26-22-6-7-31(16-23(22)28-17-29-26)25(33)11-18-4-2-1-3-5-18/h1-5,17,19-21H,6-16H2,(H,28,29,30,32). The molecule has 6 nitrogen and oxygen atoms in total. The van der Waals surface area contributed by atoms with Crippen molar-refractivity contribution in [3.8, 4) is 0 Å². The summed E-state index contributed by atoms with van der Waals surface area (Å²) in [7, 11) is 0. The lowest BCUT2D eigenvalue weighted by molar-refractivity contribution is -0.131. The van der Waals surface area contributed by atoms with Gasteiger partial charge >= 0.3 is 0 Å². The number of carbonyl (C=O) groups excluding carboxylic acids is 2. The van der Waals surface area contributed by atoms with E-state index < -0.39 is 0 Å². The molecular weight excluding hydrogens is 412 g/mol. The number of carbonyl (C=O) groups is 2. The summed E-state index contributed by atoms with van der Waals surface area (Å²) in [5, 5.41) is 3.14.